The zero-order chi connectivity index (χ0) is 23.0. The summed E-state index contributed by atoms with van der Waals surface area (Å²) < 4.78 is 4.02. The van der Waals surface area contributed by atoms with Crippen molar-refractivity contribution < 1.29 is 5.11 Å². The Morgan fingerprint density at radius 1 is 1.09 bits per heavy atom. The van der Waals surface area contributed by atoms with Crippen LogP contribution in [0.15, 0.2) is 63.2 Å². The van der Waals surface area contributed by atoms with Gasteiger partial charge in [-0.2, -0.15) is 10.1 Å². The maximum Gasteiger partial charge on any atom is 0.332 e. The van der Waals surface area contributed by atoms with Gasteiger partial charge < -0.3 is 5.11 Å². The summed E-state index contributed by atoms with van der Waals surface area (Å²) in [6.45, 7) is 2.05. The number of halogens is 1. The van der Waals surface area contributed by atoms with E-state index in [4.69, 9.17) is 11.6 Å². The van der Waals surface area contributed by atoms with Gasteiger partial charge in [0.25, 0.3) is 5.56 Å². The SMILES string of the molecule is CC(=NNc1nc2c(c(=O)n(C)c(=O)n2C)n1Cc1ccccc1Cl)c1ccc(O)cc1. The van der Waals surface area contributed by atoms with Gasteiger partial charge in [-0.05, 0) is 48.4 Å². The van der Waals surface area contributed by atoms with Crippen molar-refractivity contribution in [3.63, 3.8) is 0 Å². The second-order valence-electron chi connectivity index (χ2n) is 7.35. The number of hydrogen-bond acceptors (Lipinski definition) is 6. The molecule has 0 unspecified atom stereocenters. The van der Waals surface area contributed by atoms with E-state index < -0.39 is 11.2 Å². The van der Waals surface area contributed by atoms with Crippen molar-refractivity contribution in [3.8, 4) is 5.75 Å². The molecule has 0 atom stereocenters. The number of aromatic hydroxyl groups is 1. The minimum Gasteiger partial charge on any atom is -0.508 e. The van der Waals surface area contributed by atoms with Gasteiger partial charge in [-0.3, -0.25) is 18.5 Å². The first-order chi connectivity index (χ1) is 15.3. The second-order valence-corrected chi connectivity index (χ2v) is 7.75. The van der Waals surface area contributed by atoms with Crippen molar-refractivity contribution in [2.75, 3.05) is 5.43 Å². The summed E-state index contributed by atoms with van der Waals surface area (Å²) in [5.74, 6) is 0.448. The van der Waals surface area contributed by atoms with Crippen LogP contribution in [0.4, 0.5) is 5.95 Å². The maximum atomic E-state index is 13.0. The van der Waals surface area contributed by atoms with Crippen molar-refractivity contribution in [2.45, 2.75) is 13.5 Å². The highest BCUT2D eigenvalue weighted by atomic mass is 35.5. The van der Waals surface area contributed by atoms with Crippen LogP contribution in [0.1, 0.15) is 18.1 Å². The molecule has 4 rings (SSSR count). The molecule has 2 aromatic carbocycles. The number of anilines is 1. The number of rotatable bonds is 5. The van der Waals surface area contributed by atoms with Gasteiger partial charge in [0.15, 0.2) is 11.2 Å². The standard InChI is InChI=1S/C22H21ClN6O3/c1-13(14-8-10-16(30)11-9-14)25-26-21-24-19-18(20(31)28(3)22(32)27(19)2)29(21)12-15-6-4-5-7-17(15)23/h4-11,30H,12H2,1-3H3,(H,24,26). The van der Waals surface area contributed by atoms with Gasteiger partial charge in [-0.25, -0.2) is 10.2 Å². The molecule has 10 heteroatoms. The molecule has 0 fully saturated rings. The summed E-state index contributed by atoms with van der Waals surface area (Å²) in [6.07, 6.45) is 0. The molecule has 0 aliphatic rings. The smallest absolute Gasteiger partial charge is 0.332 e. The molecule has 0 saturated carbocycles. The number of imidazole rings is 1. The van der Waals surface area contributed by atoms with Crippen molar-refractivity contribution in [2.24, 2.45) is 19.2 Å². The van der Waals surface area contributed by atoms with Crippen molar-refractivity contribution in [1.82, 2.24) is 18.7 Å². The van der Waals surface area contributed by atoms with E-state index >= 15 is 0 Å². The number of phenols is 1. The largest absolute Gasteiger partial charge is 0.508 e. The first kappa shape index (κ1) is 21.4. The Kier molecular flexibility index (Phi) is 5.58. The molecule has 0 radical (unpaired) electrons. The Balaban J connectivity index is 1.86. The number of benzene rings is 2. The lowest BCUT2D eigenvalue weighted by molar-refractivity contribution is 0.475. The van der Waals surface area contributed by atoms with E-state index in [9.17, 15) is 14.7 Å². The van der Waals surface area contributed by atoms with E-state index in [-0.39, 0.29) is 29.4 Å². The highest BCUT2D eigenvalue weighted by molar-refractivity contribution is 6.31. The highest BCUT2D eigenvalue weighted by Gasteiger charge is 2.20. The maximum absolute atomic E-state index is 13.0. The van der Waals surface area contributed by atoms with Crippen molar-refractivity contribution in [1.29, 1.82) is 0 Å². The summed E-state index contributed by atoms with van der Waals surface area (Å²) in [5, 5.41) is 14.4. The van der Waals surface area contributed by atoms with Gasteiger partial charge in [0.2, 0.25) is 5.95 Å². The fraction of sp³-hybridized carbons (Fsp3) is 0.182. The van der Waals surface area contributed by atoms with E-state index in [1.807, 2.05) is 18.2 Å². The number of nitrogens with one attached hydrogen (secondary N) is 1. The lowest BCUT2D eigenvalue weighted by Crippen LogP contribution is -2.37. The van der Waals surface area contributed by atoms with Crippen LogP contribution in [0.5, 0.6) is 5.75 Å². The van der Waals surface area contributed by atoms with Crippen LogP contribution in [-0.2, 0) is 20.6 Å². The summed E-state index contributed by atoms with van der Waals surface area (Å²) in [4.78, 5) is 29.9. The van der Waals surface area contributed by atoms with Gasteiger partial charge in [0.05, 0.1) is 12.3 Å². The molecule has 164 valence electrons. The third kappa shape index (κ3) is 3.78. The molecular formula is C22H21ClN6O3. The number of aryl methyl sites for hydroxylation is 1. The Morgan fingerprint density at radius 3 is 2.47 bits per heavy atom. The summed E-state index contributed by atoms with van der Waals surface area (Å²) in [7, 11) is 2.99. The Bertz CT molecular complexity index is 1460. The predicted octanol–water partition coefficient (Wildman–Crippen LogP) is 2.68. The molecule has 2 aromatic heterocycles. The molecule has 2 heterocycles. The molecule has 0 aliphatic carbocycles. The minimum absolute atomic E-state index is 0.160. The van der Waals surface area contributed by atoms with Crippen molar-refractivity contribution in [3.05, 3.63) is 85.5 Å². The third-order valence-corrected chi connectivity index (χ3v) is 5.61. The van der Waals surface area contributed by atoms with Gasteiger partial charge in [0.1, 0.15) is 5.75 Å². The summed E-state index contributed by atoms with van der Waals surface area (Å²) in [6, 6.07) is 13.9. The van der Waals surface area contributed by atoms with Gasteiger partial charge in [-0.15, -0.1) is 0 Å². The van der Waals surface area contributed by atoms with E-state index in [2.05, 4.69) is 15.5 Å². The van der Waals surface area contributed by atoms with E-state index in [1.165, 1.54) is 11.6 Å². The molecule has 0 amide bonds. The van der Waals surface area contributed by atoms with Gasteiger partial charge in [0, 0.05) is 19.1 Å². The van der Waals surface area contributed by atoms with Crippen LogP contribution in [0.3, 0.4) is 0 Å². The highest BCUT2D eigenvalue weighted by Crippen LogP contribution is 2.22. The van der Waals surface area contributed by atoms with Crippen LogP contribution >= 0.6 is 11.6 Å². The van der Waals surface area contributed by atoms with Crippen LogP contribution in [0.2, 0.25) is 5.02 Å². The average Bonchev–Trinajstić information content (AvgIpc) is 3.15. The third-order valence-electron chi connectivity index (χ3n) is 5.24. The monoisotopic (exact) mass is 452 g/mol. The molecule has 9 nitrogen and oxygen atoms in total. The number of hydrogen-bond donors (Lipinski definition) is 2. The van der Waals surface area contributed by atoms with E-state index in [0.717, 1.165) is 15.7 Å². The zero-order valence-corrected chi connectivity index (χ0v) is 18.5. The lowest BCUT2D eigenvalue weighted by Gasteiger charge is -2.11. The van der Waals surface area contributed by atoms with E-state index in [0.29, 0.717) is 10.7 Å². The van der Waals surface area contributed by atoms with Crippen LogP contribution in [-0.4, -0.2) is 29.5 Å². The Hall–Kier alpha value is -3.85. The summed E-state index contributed by atoms with van der Waals surface area (Å²) in [5.41, 5.74) is 4.71. The normalized spacial score (nSPS) is 11.8. The number of hydrazone groups is 1. The van der Waals surface area contributed by atoms with Crippen LogP contribution < -0.4 is 16.7 Å². The fourth-order valence-electron chi connectivity index (χ4n) is 3.38. The quantitative estimate of drug-likeness (QED) is 0.357. The minimum atomic E-state index is -0.472. The molecule has 0 spiro atoms. The van der Waals surface area contributed by atoms with Gasteiger partial charge in [-0.1, -0.05) is 29.8 Å². The second kappa shape index (κ2) is 8.35. The molecular weight excluding hydrogens is 432 g/mol. The predicted molar refractivity (Wildman–Crippen MR) is 125 cm³/mol. The molecule has 2 N–H and O–H groups in total. The van der Waals surface area contributed by atoms with Crippen LogP contribution in [0, 0.1) is 0 Å². The molecule has 32 heavy (non-hydrogen) atoms. The fourth-order valence-corrected chi connectivity index (χ4v) is 3.58. The molecule has 0 bridgehead atoms. The average molecular weight is 453 g/mol. The number of nitrogens with zero attached hydrogens (tertiary/aromatic N) is 5. The van der Waals surface area contributed by atoms with Crippen LogP contribution in [0.25, 0.3) is 11.2 Å². The molecule has 0 saturated heterocycles. The number of phenolic OH excluding ortho intramolecular Hbond substituents is 1. The van der Waals surface area contributed by atoms with E-state index in [1.54, 1.807) is 48.9 Å². The van der Waals surface area contributed by atoms with Crippen molar-refractivity contribution >= 4 is 34.4 Å². The Labute approximate surface area is 187 Å². The topological polar surface area (TPSA) is 106 Å². The Morgan fingerprint density at radius 2 is 1.78 bits per heavy atom. The zero-order valence-electron chi connectivity index (χ0n) is 17.7. The first-order valence-corrected chi connectivity index (χ1v) is 10.1. The first-order valence-electron chi connectivity index (χ1n) is 9.77. The molecule has 0 aliphatic heterocycles. The number of aromatic nitrogens is 4. The lowest BCUT2D eigenvalue weighted by atomic mass is 10.1. The molecule has 4 aromatic rings. The van der Waals surface area contributed by atoms with Gasteiger partial charge >= 0.3 is 5.69 Å². The number of fused-ring (bicyclic) bond motifs is 1. The summed E-state index contributed by atoms with van der Waals surface area (Å²) >= 11 is 6.35.